The van der Waals surface area contributed by atoms with Crippen molar-refractivity contribution in [3.05, 3.63) is 0 Å². The highest BCUT2D eigenvalue weighted by atomic mass is 35.5. The third kappa shape index (κ3) is 2.41. The van der Waals surface area contributed by atoms with Gasteiger partial charge in [0.2, 0.25) is 0 Å². The highest BCUT2D eigenvalue weighted by Crippen LogP contribution is 2.60. The quantitative estimate of drug-likeness (QED) is 0.496. The van der Waals surface area contributed by atoms with Crippen LogP contribution in [-0.4, -0.2) is 34.4 Å². The van der Waals surface area contributed by atoms with Crippen molar-refractivity contribution in [1.29, 1.82) is 0 Å². The second-order valence-electron chi connectivity index (χ2n) is 6.64. The molecule has 4 aliphatic rings. The molecular formula is C13H26ClNO3. The molecule has 4 aliphatic carbocycles. The Hall–Kier alpha value is 0.130. The minimum absolute atomic E-state index is 0. The molecule has 0 aromatic heterocycles. The van der Waals surface area contributed by atoms with Crippen molar-refractivity contribution < 1.29 is 33.8 Å². The summed E-state index contributed by atoms with van der Waals surface area (Å²) in [5, 5.41) is 19.0. The molecule has 0 saturated heterocycles. The molecule has 108 valence electrons. The number of hydrogen-bond acceptors (Lipinski definition) is 2. The molecule has 0 aromatic rings. The van der Waals surface area contributed by atoms with Crippen molar-refractivity contribution in [1.82, 2.24) is 0 Å². The molecule has 7 N–H and O–H groups in total. The normalized spacial score (nSPS) is 43.8. The molecule has 0 spiro atoms. The average Bonchev–Trinajstić information content (AvgIpc) is 2.25. The lowest BCUT2D eigenvalue weighted by molar-refractivity contribution is -0.476. The second kappa shape index (κ2) is 5.63. The predicted octanol–water partition coefficient (Wildman–Crippen LogP) is -3.65. The van der Waals surface area contributed by atoms with E-state index in [4.69, 9.17) is 5.11 Å². The summed E-state index contributed by atoms with van der Waals surface area (Å²) in [5.74, 6) is 2.67. The van der Waals surface area contributed by atoms with Crippen molar-refractivity contribution in [2.75, 3.05) is 6.61 Å². The average molecular weight is 280 g/mol. The Morgan fingerprint density at radius 1 is 1.06 bits per heavy atom. The molecule has 0 heterocycles. The minimum atomic E-state index is -0.615. The maximum absolute atomic E-state index is 9.87. The van der Waals surface area contributed by atoms with Crippen LogP contribution in [0.25, 0.3) is 0 Å². The molecule has 0 amide bonds. The van der Waals surface area contributed by atoms with Gasteiger partial charge in [0.15, 0.2) is 0 Å². The standard InChI is InChI=1S/C13H23NO2.ClH.H2O/c14-12(11(16)7-15)13-4-8-1-9(5-13)3-10(2-8)6-13;;/h8-12,15-16H,1-7,14H2;1H;1H2/t8?,9?,10?,11-,12-,13?;;/m1../s1. The van der Waals surface area contributed by atoms with Crippen molar-refractivity contribution in [2.45, 2.75) is 50.7 Å². The molecule has 4 nitrogen and oxygen atoms in total. The molecule has 0 aliphatic heterocycles. The first kappa shape index (κ1) is 16.2. The smallest absolute Gasteiger partial charge is 0.129 e. The van der Waals surface area contributed by atoms with Gasteiger partial charge >= 0.3 is 0 Å². The van der Waals surface area contributed by atoms with Gasteiger partial charge in [-0.25, -0.2) is 0 Å². The Bertz CT molecular complexity index is 252. The van der Waals surface area contributed by atoms with Crippen LogP contribution in [-0.2, 0) is 0 Å². The van der Waals surface area contributed by atoms with Gasteiger partial charge in [0.05, 0.1) is 6.61 Å². The zero-order valence-electron chi connectivity index (χ0n) is 10.8. The number of quaternary nitrogens is 1. The number of aliphatic hydroxyl groups is 2. The minimum Gasteiger partial charge on any atom is -1.00 e. The van der Waals surface area contributed by atoms with Crippen LogP contribution in [0.2, 0.25) is 0 Å². The van der Waals surface area contributed by atoms with Crippen molar-refractivity contribution in [3.63, 3.8) is 0 Å². The van der Waals surface area contributed by atoms with Gasteiger partial charge in [0.25, 0.3) is 0 Å². The molecule has 0 aromatic carbocycles. The fourth-order valence-corrected chi connectivity index (χ4v) is 5.17. The Morgan fingerprint density at radius 3 is 1.78 bits per heavy atom. The van der Waals surface area contributed by atoms with Crippen LogP contribution in [0, 0.1) is 23.2 Å². The summed E-state index contributed by atoms with van der Waals surface area (Å²) in [6.07, 6.45) is 7.40. The number of rotatable bonds is 3. The van der Waals surface area contributed by atoms with E-state index in [1.54, 1.807) is 0 Å². The van der Waals surface area contributed by atoms with E-state index in [0.717, 1.165) is 17.8 Å². The summed E-state index contributed by atoms with van der Waals surface area (Å²) < 4.78 is 0. The third-order valence-electron chi connectivity index (χ3n) is 5.52. The lowest BCUT2D eigenvalue weighted by atomic mass is 9.47. The van der Waals surface area contributed by atoms with Gasteiger partial charge in [-0.2, -0.15) is 0 Å². The molecule has 4 rings (SSSR count). The highest BCUT2D eigenvalue weighted by molar-refractivity contribution is 5.05. The molecule has 4 fully saturated rings. The summed E-state index contributed by atoms with van der Waals surface area (Å²) in [5.41, 5.74) is 4.45. The first-order chi connectivity index (χ1) is 7.63. The van der Waals surface area contributed by atoms with Crippen LogP contribution < -0.4 is 18.1 Å². The van der Waals surface area contributed by atoms with Crippen LogP contribution in [0.3, 0.4) is 0 Å². The number of hydrogen-bond donors (Lipinski definition) is 3. The van der Waals surface area contributed by atoms with E-state index in [9.17, 15) is 5.11 Å². The summed E-state index contributed by atoms with van der Waals surface area (Å²) in [6.45, 7) is -0.129. The first-order valence-electron chi connectivity index (χ1n) is 6.75. The van der Waals surface area contributed by atoms with E-state index in [1.807, 2.05) is 0 Å². The number of aliphatic hydroxyl groups excluding tert-OH is 2. The number of halogens is 1. The van der Waals surface area contributed by atoms with E-state index in [0.29, 0.717) is 0 Å². The Kier molecular flexibility index (Phi) is 5.06. The maximum Gasteiger partial charge on any atom is 0.129 e. The van der Waals surface area contributed by atoms with Crippen LogP contribution >= 0.6 is 0 Å². The van der Waals surface area contributed by atoms with Gasteiger partial charge < -0.3 is 33.8 Å². The van der Waals surface area contributed by atoms with Crippen LogP contribution in [0.4, 0.5) is 0 Å². The molecule has 2 atom stereocenters. The second-order valence-corrected chi connectivity index (χ2v) is 6.64. The van der Waals surface area contributed by atoms with E-state index in [2.05, 4.69) is 5.73 Å². The van der Waals surface area contributed by atoms with E-state index >= 15 is 0 Å². The molecule has 18 heavy (non-hydrogen) atoms. The Labute approximate surface area is 115 Å². The predicted molar refractivity (Wildman–Crippen MR) is 64.0 cm³/mol. The van der Waals surface area contributed by atoms with E-state index < -0.39 is 6.10 Å². The van der Waals surface area contributed by atoms with Gasteiger partial charge in [-0.05, 0) is 56.3 Å². The Morgan fingerprint density at radius 2 is 1.44 bits per heavy atom. The van der Waals surface area contributed by atoms with Crippen molar-refractivity contribution in [2.24, 2.45) is 23.2 Å². The zero-order chi connectivity index (χ0) is 11.3. The monoisotopic (exact) mass is 279 g/mol. The molecule has 4 bridgehead atoms. The van der Waals surface area contributed by atoms with Crippen molar-refractivity contribution in [3.8, 4) is 0 Å². The zero-order valence-corrected chi connectivity index (χ0v) is 11.6. The highest BCUT2D eigenvalue weighted by Gasteiger charge is 2.56. The largest absolute Gasteiger partial charge is 1.00 e. The molecular weight excluding hydrogens is 254 g/mol. The maximum atomic E-state index is 9.87. The van der Waals surface area contributed by atoms with Gasteiger partial charge in [0.1, 0.15) is 12.1 Å². The summed E-state index contributed by atoms with van der Waals surface area (Å²) >= 11 is 0. The topological polar surface area (TPSA) is 99.6 Å². The van der Waals surface area contributed by atoms with Gasteiger partial charge in [0, 0.05) is 5.41 Å². The third-order valence-corrected chi connectivity index (χ3v) is 5.52. The summed E-state index contributed by atoms with van der Waals surface area (Å²) in [4.78, 5) is 0. The lowest BCUT2D eigenvalue weighted by Gasteiger charge is -2.58. The molecule has 0 radical (unpaired) electrons. The van der Waals surface area contributed by atoms with Crippen LogP contribution in [0.1, 0.15) is 38.5 Å². The molecule has 5 heteroatoms. The fraction of sp³-hybridized carbons (Fsp3) is 1.00. The first-order valence-corrected chi connectivity index (χ1v) is 6.75. The molecule has 4 saturated carbocycles. The fourth-order valence-electron chi connectivity index (χ4n) is 5.17. The van der Waals surface area contributed by atoms with Crippen LogP contribution in [0.15, 0.2) is 0 Å². The SMILES string of the molecule is O.[Cl-].[NH3+][C@H]([C@H](O)CO)C12CC3CC(CC(C3)C1)C2. The lowest BCUT2D eigenvalue weighted by Crippen LogP contribution is -3.00. The van der Waals surface area contributed by atoms with Crippen molar-refractivity contribution >= 4 is 0 Å². The van der Waals surface area contributed by atoms with Gasteiger partial charge in [-0.1, -0.05) is 0 Å². The molecule has 0 unspecified atom stereocenters. The summed E-state index contributed by atoms with van der Waals surface area (Å²) in [6, 6.07) is 0.0332. The Balaban J connectivity index is 0.000000810. The van der Waals surface area contributed by atoms with E-state index in [-0.39, 0.29) is 35.9 Å². The van der Waals surface area contributed by atoms with Gasteiger partial charge in [-0.15, -0.1) is 0 Å². The van der Waals surface area contributed by atoms with E-state index in [1.165, 1.54) is 38.5 Å². The van der Waals surface area contributed by atoms with Crippen LogP contribution in [0.5, 0.6) is 0 Å². The van der Waals surface area contributed by atoms with Gasteiger partial charge in [-0.3, -0.25) is 0 Å². The summed E-state index contributed by atoms with van der Waals surface area (Å²) in [7, 11) is 0.